The van der Waals surface area contributed by atoms with Crippen LogP contribution in [0.1, 0.15) is 17.3 Å². The van der Waals surface area contributed by atoms with E-state index in [4.69, 9.17) is 9.47 Å². The first kappa shape index (κ1) is 18.7. The zero-order chi connectivity index (χ0) is 19.6. The van der Waals surface area contributed by atoms with Crippen LogP contribution in [0.3, 0.4) is 0 Å². The Hall–Kier alpha value is -3.09. The highest BCUT2D eigenvalue weighted by molar-refractivity contribution is 6.03. The number of anilines is 1. The van der Waals surface area contributed by atoms with Crippen molar-refractivity contribution in [2.75, 3.05) is 32.2 Å². The summed E-state index contributed by atoms with van der Waals surface area (Å²) in [4.78, 5) is 28.7. The van der Waals surface area contributed by atoms with Gasteiger partial charge in [-0.1, -0.05) is 0 Å². The minimum absolute atomic E-state index is 0.202. The van der Waals surface area contributed by atoms with Crippen molar-refractivity contribution in [3.8, 4) is 11.5 Å². The summed E-state index contributed by atoms with van der Waals surface area (Å²) >= 11 is 0. The molecule has 6 nitrogen and oxygen atoms in total. The molecule has 0 radical (unpaired) electrons. The van der Waals surface area contributed by atoms with E-state index in [0.29, 0.717) is 35.8 Å². The molecule has 3 rings (SSSR count). The molecule has 0 aliphatic carbocycles. The van der Waals surface area contributed by atoms with Gasteiger partial charge in [0.05, 0.1) is 19.9 Å². The second kappa shape index (κ2) is 7.65. The molecule has 27 heavy (non-hydrogen) atoms. The summed E-state index contributed by atoms with van der Waals surface area (Å²) < 4.78 is 23.6. The van der Waals surface area contributed by atoms with E-state index in [2.05, 4.69) is 0 Å². The Balaban J connectivity index is 1.82. The number of carbonyl (C=O) groups is 2. The van der Waals surface area contributed by atoms with Crippen LogP contribution in [-0.2, 0) is 4.79 Å². The van der Waals surface area contributed by atoms with E-state index in [-0.39, 0.29) is 11.8 Å². The van der Waals surface area contributed by atoms with Gasteiger partial charge in [-0.05, 0) is 31.2 Å². The Morgan fingerprint density at radius 2 is 1.63 bits per heavy atom. The van der Waals surface area contributed by atoms with Crippen molar-refractivity contribution in [2.24, 2.45) is 0 Å². The van der Waals surface area contributed by atoms with Crippen LogP contribution < -0.4 is 14.4 Å². The highest BCUT2D eigenvalue weighted by Crippen LogP contribution is 2.30. The third kappa shape index (κ3) is 3.72. The Bertz CT molecular complexity index is 831. The van der Waals surface area contributed by atoms with Gasteiger partial charge in [-0.2, -0.15) is 0 Å². The lowest BCUT2D eigenvalue weighted by atomic mass is 10.1. The van der Waals surface area contributed by atoms with Crippen molar-refractivity contribution in [1.82, 2.24) is 4.90 Å². The first-order valence-electron chi connectivity index (χ1n) is 8.55. The number of hydrogen-bond acceptors (Lipinski definition) is 4. The highest BCUT2D eigenvalue weighted by Gasteiger charge is 2.35. The topological polar surface area (TPSA) is 59.1 Å². The van der Waals surface area contributed by atoms with Gasteiger partial charge in [0, 0.05) is 36.9 Å². The van der Waals surface area contributed by atoms with Gasteiger partial charge in [-0.3, -0.25) is 9.59 Å². The Kier molecular flexibility index (Phi) is 5.30. The smallest absolute Gasteiger partial charge is 0.254 e. The van der Waals surface area contributed by atoms with Gasteiger partial charge >= 0.3 is 0 Å². The van der Waals surface area contributed by atoms with Gasteiger partial charge in [0.25, 0.3) is 5.91 Å². The average Bonchev–Trinajstić information content (AvgIpc) is 2.69. The van der Waals surface area contributed by atoms with Crippen LogP contribution in [0.2, 0.25) is 0 Å². The van der Waals surface area contributed by atoms with Gasteiger partial charge < -0.3 is 19.3 Å². The van der Waals surface area contributed by atoms with Crippen molar-refractivity contribution in [3.63, 3.8) is 0 Å². The third-order valence-corrected chi connectivity index (χ3v) is 4.66. The number of piperazine rings is 1. The average molecular weight is 372 g/mol. The van der Waals surface area contributed by atoms with Crippen molar-refractivity contribution in [2.45, 2.75) is 13.0 Å². The predicted molar refractivity (Wildman–Crippen MR) is 98.8 cm³/mol. The lowest BCUT2D eigenvalue weighted by Crippen LogP contribution is -2.57. The maximum absolute atomic E-state index is 13.1. The molecule has 1 atom stereocenters. The molecule has 142 valence electrons. The van der Waals surface area contributed by atoms with Crippen LogP contribution in [0.5, 0.6) is 11.5 Å². The summed E-state index contributed by atoms with van der Waals surface area (Å²) in [5.41, 5.74) is 1.00. The summed E-state index contributed by atoms with van der Waals surface area (Å²) in [7, 11) is 3.09. The molecule has 1 aliphatic heterocycles. The molecule has 1 aliphatic rings. The van der Waals surface area contributed by atoms with E-state index in [1.54, 1.807) is 44.2 Å². The van der Waals surface area contributed by atoms with E-state index in [9.17, 15) is 14.0 Å². The van der Waals surface area contributed by atoms with Crippen molar-refractivity contribution in [1.29, 1.82) is 0 Å². The van der Waals surface area contributed by atoms with Crippen LogP contribution in [0, 0.1) is 5.82 Å². The molecule has 0 aromatic heterocycles. The zero-order valence-corrected chi connectivity index (χ0v) is 15.4. The van der Waals surface area contributed by atoms with Crippen molar-refractivity contribution < 1.29 is 23.5 Å². The Morgan fingerprint density at radius 1 is 1.04 bits per heavy atom. The SMILES string of the molecule is COc1cc(OC)cc(N2CCN(C(=O)c3ccc(F)cc3)[C@@H](C)C2=O)c1. The largest absolute Gasteiger partial charge is 0.497 e. The zero-order valence-electron chi connectivity index (χ0n) is 15.4. The van der Waals surface area contributed by atoms with Crippen LogP contribution in [0.25, 0.3) is 0 Å². The van der Waals surface area contributed by atoms with Crippen molar-refractivity contribution >= 4 is 17.5 Å². The Labute approximate surface area is 157 Å². The minimum atomic E-state index is -0.645. The lowest BCUT2D eigenvalue weighted by molar-refractivity contribution is -0.124. The monoisotopic (exact) mass is 372 g/mol. The van der Waals surface area contributed by atoms with E-state index < -0.39 is 11.9 Å². The molecular weight excluding hydrogens is 351 g/mol. The first-order chi connectivity index (χ1) is 12.9. The summed E-state index contributed by atoms with van der Waals surface area (Å²) in [6, 6.07) is 9.91. The number of rotatable bonds is 4. The normalized spacial score (nSPS) is 17.0. The maximum Gasteiger partial charge on any atom is 0.254 e. The number of ether oxygens (including phenoxy) is 2. The molecule has 1 fully saturated rings. The third-order valence-electron chi connectivity index (χ3n) is 4.66. The highest BCUT2D eigenvalue weighted by atomic mass is 19.1. The van der Waals surface area contributed by atoms with Crippen LogP contribution in [0.4, 0.5) is 10.1 Å². The molecule has 1 saturated heterocycles. The molecule has 0 unspecified atom stereocenters. The second-order valence-corrected chi connectivity index (χ2v) is 6.24. The quantitative estimate of drug-likeness (QED) is 0.828. The molecule has 2 aromatic carbocycles. The standard InChI is InChI=1S/C20H21FN2O4/c1-13-19(24)23(16-10-17(26-2)12-18(11-16)27-3)9-8-22(13)20(25)14-4-6-15(21)7-5-14/h4-7,10-13H,8-9H2,1-3H3/t13-/m0/s1. The lowest BCUT2D eigenvalue weighted by Gasteiger charge is -2.39. The minimum Gasteiger partial charge on any atom is -0.497 e. The van der Waals surface area contributed by atoms with Crippen LogP contribution in [-0.4, -0.2) is 50.1 Å². The molecule has 0 spiro atoms. The summed E-state index contributed by atoms with van der Waals surface area (Å²) in [5, 5.41) is 0. The van der Waals surface area contributed by atoms with Gasteiger partial charge in [-0.15, -0.1) is 0 Å². The van der Waals surface area contributed by atoms with E-state index in [1.165, 1.54) is 29.2 Å². The number of benzene rings is 2. The van der Waals surface area contributed by atoms with Gasteiger partial charge in [0.2, 0.25) is 5.91 Å². The van der Waals surface area contributed by atoms with Gasteiger partial charge in [0.1, 0.15) is 23.4 Å². The number of nitrogens with zero attached hydrogens (tertiary/aromatic N) is 2. The first-order valence-corrected chi connectivity index (χ1v) is 8.55. The number of amides is 2. The number of halogens is 1. The summed E-state index contributed by atoms with van der Waals surface area (Å²) in [6.45, 7) is 2.39. The molecule has 0 saturated carbocycles. The number of methoxy groups -OCH3 is 2. The van der Waals surface area contributed by atoms with E-state index in [0.717, 1.165) is 0 Å². The van der Waals surface area contributed by atoms with Gasteiger partial charge in [0.15, 0.2) is 0 Å². The summed E-state index contributed by atoms with van der Waals surface area (Å²) in [5.74, 6) is 0.252. The fourth-order valence-corrected chi connectivity index (χ4v) is 3.11. The molecule has 7 heteroatoms. The van der Waals surface area contributed by atoms with Crippen molar-refractivity contribution in [3.05, 3.63) is 53.8 Å². The van der Waals surface area contributed by atoms with Gasteiger partial charge in [-0.25, -0.2) is 4.39 Å². The fourth-order valence-electron chi connectivity index (χ4n) is 3.11. The predicted octanol–water partition coefficient (Wildman–Crippen LogP) is 2.72. The molecule has 2 aromatic rings. The molecule has 1 heterocycles. The number of hydrogen-bond donors (Lipinski definition) is 0. The van der Waals surface area contributed by atoms with E-state index >= 15 is 0 Å². The Morgan fingerprint density at radius 3 is 2.19 bits per heavy atom. The molecule has 2 amide bonds. The molecule has 0 N–H and O–H groups in total. The molecule has 0 bridgehead atoms. The molecular formula is C20H21FN2O4. The fraction of sp³-hybridized carbons (Fsp3) is 0.300. The van der Waals surface area contributed by atoms with E-state index in [1.807, 2.05) is 0 Å². The summed E-state index contributed by atoms with van der Waals surface area (Å²) in [6.07, 6.45) is 0. The number of carbonyl (C=O) groups excluding carboxylic acids is 2. The maximum atomic E-state index is 13.1. The van der Waals surface area contributed by atoms with Crippen LogP contribution in [0.15, 0.2) is 42.5 Å². The van der Waals surface area contributed by atoms with Crippen LogP contribution >= 0.6 is 0 Å². The second-order valence-electron chi connectivity index (χ2n) is 6.24.